The standard InChI is InChI=1S/C17H21ClN4O3/c1-10(2)8-20-17(24)13-5-4-12(7-14(13)18)19-9-15(23)21-16-6-11(3)22-25-16/h4-7,10,19H,8-9H2,1-3H3,(H,20,24)(H,21,23). The van der Waals surface area contributed by atoms with Gasteiger partial charge < -0.3 is 15.2 Å². The fourth-order valence-corrected chi connectivity index (χ4v) is 2.25. The summed E-state index contributed by atoms with van der Waals surface area (Å²) in [7, 11) is 0. The second-order valence-corrected chi connectivity index (χ2v) is 6.44. The van der Waals surface area contributed by atoms with E-state index >= 15 is 0 Å². The molecule has 8 heteroatoms. The molecule has 2 aromatic rings. The zero-order valence-corrected chi connectivity index (χ0v) is 15.1. The number of nitrogens with zero attached hydrogens (tertiary/aromatic N) is 1. The molecule has 0 saturated heterocycles. The lowest BCUT2D eigenvalue weighted by molar-refractivity contribution is -0.114. The zero-order valence-electron chi connectivity index (χ0n) is 14.4. The summed E-state index contributed by atoms with van der Waals surface area (Å²) in [4.78, 5) is 23.9. The van der Waals surface area contributed by atoms with Crippen LogP contribution in [0.2, 0.25) is 5.02 Å². The summed E-state index contributed by atoms with van der Waals surface area (Å²) in [6, 6.07) is 6.55. The first-order chi connectivity index (χ1) is 11.8. The molecule has 1 aromatic heterocycles. The van der Waals surface area contributed by atoms with E-state index < -0.39 is 0 Å². The van der Waals surface area contributed by atoms with Crippen molar-refractivity contribution in [1.29, 1.82) is 0 Å². The molecule has 0 fully saturated rings. The maximum Gasteiger partial charge on any atom is 0.252 e. The Bertz CT molecular complexity index is 758. The number of amides is 2. The van der Waals surface area contributed by atoms with Crippen LogP contribution in [0.5, 0.6) is 0 Å². The highest BCUT2D eigenvalue weighted by Crippen LogP contribution is 2.21. The van der Waals surface area contributed by atoms with Crippen LogP contribution in [0.15, 0.2) is 28.8 Å². The Labute approximate surface area is 151 Å². The van der Waals surface area contributed by atoms with E-state index in [9.17, 15) is 9.59 Å². The van der Waals surface area contributed by atoms with Crippen molar-refractivity contribution in [3.63, 3.8) is 0 Å². The lowest BCUT2D eigenvalue weighted by atomic mass is 10.1. The third-order valence-corrected chi connectivity index (χ3v) is 3.54. The van der Waals surface area contributed by atoms with Crippen molar-refractivity contribution in [2.24, 2.45) is 5.92 Å². The van der Waals surface area contributed by atoms with Gasteiger partial charge in [0.1, 0.15) is 0 Å². The van der Waals surface area contributed by atoms with Crippen LogP contribution in [0.1, 0.15) is 29.9 Å². The number of anilines is 2. The Balaban J connectivity index is 1.89. The van der Waals surface area contributed by atoms with Crippen molar-refractivity contribution in [2.45, 2.75) is 20.8 Å². The van der Waals surface area contributed by atoms with Gasteiger partial charge in [0.25, 0.3) is 5.91 Å². The van der Waals surface area contributed by atoms with Crippen LogP contribution in [0.3, 0.4) is 0 Å². The molecule has 0 spiro atoms. The Kier molecular flexibility index (Phi) is 6.41. The van der Waals surface area contributed by atoms with E-state index in [2.05, 4.69) is 21.1 Å². The fraction of sp³-hybridized carbons (Fsp3) is 0.353. The molecular weight excluding hydrogens is 344 g/mol. The van der Waals surface area contributed by atoms with Gasteiger partial charge in [-0.05, 0) is 31.0 Å². The Morgan fingerprint density at radius 3 is 2.64 bits per heavy atom. The van der Waals surface area contributed by atoms with Gasteiger partial charge in [-0.3, -0.25) is 14.9 Å². The average molecular weight is 365 g/mol. The van der Waals surface area contributed by atoms with Gasteiger partial charge >= 0.3 is 0 Å². The van der Waals surface area contributed by atoms with Crippen LogP contribution >= 0.6 is 11.6 Å². The highest BCUT2D eigenvalue weighted by molar-refractivity contribution is 6.34. The minimum atomic E-state index is -0.286. The van der Waals surface area contributed by atoms with Gasteiger partial charge in [-0.25, -0.2) is 0 Å². The van der Waals surface area contributed by atoms with Gasteiger partial charge in [-0.1, -0.05) is 30.6 Å². The first kappa shape index (κ1) is 18.8. The predicted molar refractivity (Wildman–Crippen MR) is 97.0 cm³/mol. The number of halogens is 1. The molecule has 7 nitrogen and oxygen atoms in total. The molecule has 134 valence electrons. The SMILES string of the molecule is Cc1cc(NC(=O)CNc2ccc(C(=O)NCC(C)C)c(Cl)c2)on1. The van der Waals surface area contributed by atoms with Crippen molar-refractivity contribution in [1.82, 2.24) is 10.5 Å². The van der Waals surface area contributed by atoms with E-state index in [4.69, 9.17) is 16.1 Å². The van der Waals surface area contributed by atoms with E-state index in [-0.39, 0.29) is 18.4 Å². The minimum absolute atomic E-state index is 0.0228. The summed E-state index contributed by atoms with van der Waals surface area (Å²) in [6.45, 7) is 6.39. The van der Waals surface area contributed by atoms with Crippen LogP contribution < -0.4 is 16.0 Å². The monoisotopic (exact) mass is 364 g/mol. The van der Waals surface area contributed by atoms with E-state index in [1.165, 1.54) is 0 Å². The third kappa shape index (κ3) is 5.79. The summed E-state index contributed by atoms with van der Waals surface area (Å²) >= 11 is 6.16. The molecule has 25 heavy (non-hydrogen) atoms. The third-order valence-electron chi connectivity index (χ3n) is 3.23. The zero-order chi connectivity index (χ0) is 18.4. The number of nitrogens with one attached hydrogen (secondary N) is 3. The molecule has 0 aliphatic carbocycles. The van der Waals surface area contributed by atoms with Crippen LogP contribution in [0.25, 0.3) is 0 Å². The second kappa shape index (κ2) is 8.53. The molecule has 1 aromatic carbocycles. The molecule has 2 rings (SSSR count). The van der Waals surface area contributed by atoms with Gasteiger partial charge in [0.05, 0.1) is 22.8 Å². The van der Waals surface area contributed by atoms with Gasteiger partial charge in [0.2, 0.25) is 11.8 Å². The van der Waals surface area contributed by atoms with Crippen LogP contribution in [0.4, 0.5) is 11.6 Å². The maximum atomic E-state index is 12.1. The number of aromatic nitrogens is 1. The number of benzene rings is 1. The molecule has 0 unspecified atom stereocenters. The predicted octanol–water partition coefficient (Wildman–Crippen LogP) is 3.07. The van der Waals surface area contributed by atoms with Crippen molar-refractivity contribution >= 4 is 35.0 Å². The first-order valence-electron chi connectivity index (χ1n) is 7.90. The molecule has 0 aliphatic rings. The molecule has 0 radical (unpaired) electrons. The van der Waals surface area contributed by atoms with E-state index in [0.29, 0.717) is 40.3 Å². The molecule has 2 amide bonds. The van der Waals surface area contributed by atoms with Crippen molar-refractivity contribution < 1.29 is 14.1 Å². The number of aryl methyl sites for hydroxylation is 1. The van der Waals surface area contributed by atoms with E-state index in [1.54, 1.807) is 31.2 Å². The van der Waals surface area contributed by atoms with Gasteiger partial charge in [-0.2, -0.15) is 0 Å². The topological polar surface area (TPSA) is 96.3 Å². The molecule has 0 bridgehead atoms. The summed E-state index contributed by atoms with van der Waals surface area (Å²) in [6.07, 6.45) is 0. The summed E-state index contributed by atoms with van der Waals surface area (Å²) in [5.41, 5.74) is 1.71. The fourth-order valence-electron chi connectivity index (χ4n) is 1.99. The number of carbonyl (C=O) groups excluding carboxylic acids is 2. The number of hydrogen-bond donors (Lipinski definition) is 3. The maximum absolute atomic E-state index is 12.1. The molecule has 0 atom stereocenters. The van der Waals surface area contributed by atoms with Crippen LogP contribution in [0, 0.1) is 12.8 Å². The largest absolute Gasteiger partial charge is 0.376 e. The van der Waals surface area contributed by atoms with Gasteiger partial charge in [-0.15, -0.1) is 0 Å². The summed E-state index contributed by atoms with van der Waals surface area (Å²) < 4.78 is 4.91. The Morgan fingerprint density at radius 1 is 1.28 bits per heavy atom. The molecule has 1 heterocycles. The lowest BCUT2D eigenvalue weighted by Crippen LogP contribution is -2.27. The van der Waals surface area contributed by atoms with Crippen LogP contribution in [-0.2, 0) is 4.79 Å². The molecule has 0 saturated carbocycles. The van der Waals surface area contributed by atoms with Crippen molar-refractivity contribution in [2.75, 3.05) is 23.7 Å². The minimum Gasteiger partial charge on any atom is -0.376 e. The lowest BCUT2D eigenvalue weighted by Gasteiger charge is -2.11. The number of rotatable bonds is 7. The van der Waals surface area contributed by atoms with Crippen molar-refractivity contribution in [3.05, 3.63) is 40.5 Å². The highest BCUT2D eigenvalue weighted by atomic mass is 35.5. The Hall–Kier alpha value is -2.54. The van der Waals surface area contributed by atoms with Gasteiger partial charge in [0.15, 0.2) is 0 Å². The van der Waals surface area contributed by atoms with Crippen molar-refractivity contribution in [3.8, 4) is 0 Å². The molecule has 3 N–H and O–H groups in total. The van der Waals surface area contributed by atoms with E-state index in [0.717, 1.165) is 0 Å². The van der Waals surface area contributed by atoms with Crippen LogP contribution in [-0.4, -0.2) is 30.1 Å². The first-order valence-corrected chi connectivity index (χ1v) is 8.27. The number of hydrogen-bond acceptors (Lipinski definition) is 5. The highest BCUT2D eigenvalue weighted by Gasteiger charge is 2.12. The Morgan fingerprint density at radius 2 is 2.04 bits per heavy atom. The molecular formula is C17H21ClN4O3. The summed E-state index contributed by atoms with van der Waals surface area (Å²) in [5.74, 6) is 0.143. The second-order valence-electron chi connectivity index (χ2n) is 6.03. The smallest absolute Gasteiger partial charge is 0.252 e. The quantitative estimate of drug-likeness (QED) is 0.701. The molecule has 0 aliphatic heterocycles. The van der Waals surface area contributed by atoms with Gasteiger partial charge in [0, 0.05) is 18.3 Å². The van der Waals surface area contributed by atoms with E-state index in [1.807, 2.05) is 13.8 Å². The summed E-state index contributed by atoms with van der Waals surface area (Å²) in [5, 5.41) is 12.3. The normalized spacial score (nSPS) is 10.6. The average Bonchev–Trinajstić information content (AvgIpc) is 2.95. The number of carbonyl (C=O) groups is 2.